The summed E-state index contributed by atoms with van der Waals surface area (Å²) in [7, 11) is 0. The zero-order valence-electron chi connectivity index (χ0n) is 13.4. The molecule has 2 atom stereocenters. The minimum Gasteiger partial charge on any atom is -0.371 e. The van der Waals surface area contributed by atoms with Crippen LogP contribution in [0, 0.1) is 5.92 Å². The van der Waals surface area contributed by atoms with Gasteiger partial charge in [0.1, 0.15) is 0 Å². The van der Waals surface area contributed by atoms with Gasteiger partial charge < -0.3 is 9.64 Å². The van der Waals surface area contributed by atoms with E-state index in [1.807, 2.05) is 11.0 Å². The lowest BCUT2D eigenvalue weighted by atomic mass is 9.99. The van der Waals surface area contributed by atoms with Crippen LogP contribution in [0.5, 0.6) is 0 Å². The van der Waals surface area contributed by atoms with E-state index in [1.54, 1.807) is 0 Å². The molecule has 2 unspecified atom stereocenters. The maximum absolute atomic E-state index is 12.6. The number of benzene rings is 1. The first-order chi connectivity index (χ1) is 10.1. The zero-order valence-corrected chi connectivity index (χ0v) is 13.4. The van der Waals surface area contributed by atoms with E-state index in [-0.39, 0.29) is 18.1 Å². The smallest absolute Gasteiger partial charge is 0.225 e. The van der Waals surface area contributed by atoms with Crippen LogP contribution in [0.25, 0.3) is 0 Å². The van der Waals surface area contributed by atoms with Gasteiger partial charge in [0, 0.05) is 25.4 Å². The van der Waals surface area contributed by atoms with E-state index in [4.69, 9.17) is 4.74 Å². The highest BCUT2D eigenvalue weighted by atomic mass is 16.5. The largest absolute Gasteiger partial charge is 0.371 e. The molecule has 0 saturated carbocycles. The molecule has 1 aromatic rings. The molecule has 0 radical (unpaired) electrons. The average molecular weight is 289 g/mol. The lowest BCUT2D eigenvalue weighted by Gasteiger charge is -2.38. The summed E-state index contributed by atoms with van der Waals surface area (Å²) < 4.78 is 6.02. The fraction of sp³-hybridized carbons (Fsp3) is 0.611. The van der Waals surface area contributed by atoms with Crippen molar-refractivity contribution in [2.75, 3.05) is 13.1 Å². The van der Waals surface area contributed by atoms with E-state index in [0.717, 1.165) is 25.8 Å². The van der Waals surface area contributed by atoms with Crippen molar-refractivity contribution in [3.05, 3.63) is 35.9 Å². The highest BCUT2D eigenvalue weighted by Gasteiger charge is 2.30. The van der Waals surface area contributed by atoms with Crippen LogP contribution in [0.2, 0.25) is 0 Å². The molecule has 1 saturated heterocycles. The molecule has 1 amide bonds. The van der Waals surface area contributed by atoms with Crippen LogP contribution in [0.1, 0.15) is 39.2 Å². The van der Waals surface area contributed by atoms with E-state index < -0.39 is 0 Å². The van der Waals surface area contributed by atoms with Gasteiger partial charge in [-0.25, -0.2) is 0 Å². The Balaban J connectivity index is 2.00. The van der Waals surface area contributed by atoms with Gasteiger partial charge in [0.05, 0.1) is 12.2 Å². The van der Waals surface area contributed by atoms with Crippen molar-refractivity contribution in [1.82, 2.24) is 4.90 Å². The van der Waals surface area contributed by atoms with Gasteiger partial charge in [0.25, 0.3) is 0 Å². The Bertz CT molecular complexity index is 442. The van der Waals surface area contributed by atoms with Gasteiger partial charge in [-0.05, 0) is 25.3 Å². The number of carbonyl (C=O) groups is 1. The van der Waals surface area contributed by atoms with Crippen LogP contribution in [0.15, 0.2) is 30.3 Å². The van der Waals surface area contributed by atoms with Crippen molar-refractivity contribution in [2.24, 2.45) is 5.92 Å². The average Bonchev–Trinajstić information content (AvgIpc) is 2.49. The summed E-state index contributed by atoms with van der Waals surface area (Å²) in [6.07, 6.45) is 2.94. The molecule has 21 heavy (non-hydrogen) atoms. The second kappa shape index (κ2) is 7.60. The van der Waals surface area contributed by atoms with Gasteiger partial charge in [0.2, 0.25) is 5.91 Å². The van der Waals surface area contributed by atoms with E-state index in [9.17, 15) is 4.79 Å². The van der Waals surface area contributed by atoms with E-state index >= 15 is 0 Å². The minimum atomic E-state index is 0.106. The van der Waals surface area contributed by atoms with Gasteiger partial charge >= 0.3 is 0 Å². The van der Waals surface area contributed by atoms with Crippen LogP contribution in [0.4, 0.5) is 0 Å². The second-order valence-electron chi connectivity index (χ2n) is 6.02. The Hall–Kier alpha value is -1.35. The van der Waals surface area contributed by atoms with Crippen molar-refractivity contribution in [3.8, 4) is 0 Å². The molecule has 0 spiro atoms. The normalized spacial score (nSPS) is 22.6. The fourth-order valence-corrected chi connectivity index (χ4v) is 3.11. The summed E-state index contributed by atoms with van der Waals surface area (Å²) >= 11 is 0. The molecule has 1 aromatic carbocycles. The van der Waals surface area contributed by atoms with Gasteiger partial charge in [-0.3, -0.25) is 4.79 Å². The monoisotopic (exact) mass is 289 g/mol. The van der Waals surface area contributed by atoms with Crippen molar-refractivity contribution in [1.29, 1.82) is 0 Å². The highest BCUT2D eigenvalue weighted by molar-refractivity contribution is 5.78. The molecular formula is C18H27NO2. The van der Waals surface area contributed by atoms with Gasteiger partial charge in [-0.1, -0.05) is 44.2 Å². The summed E-state index contributed by atoms with van der Waals surface area (Å²) in [5, 5.41) is 0. The Morgan fingerprint density at radius 1 is 1.24 bits per heavy atom. The molecule has 1 heterocycles. The molecule has 0 N–H and O–H groups in total. The van der Waals surface area contributed by atoms with Crippen LogP contribution in [-0.2, 0) is 16.0 Å². The van der Waals surface area contributed by atoms with Gasteiger partial charge in [-0.2, -0.15) is 0 Å². The molecular weight excluding hydrogens is 262 g/mol. The number of morpholine rings is 1. The Kier molecular flexibility index (Phi) is 5.80. The number of nitrogens with zero attached hydrogens (tertiary/aromatic N) is 1. The van der Waals surface area contributed by atoms with E-state index in [2.05, 4.69) is 45.0 Å². The lowest BCUT2D eigenvalue weighted by Crippen LogP contribution is -2.51. The standard InChI is InChI=1S/C18H27NO2/c1-4-16(5-2)18(20)19-12-14(3)21-17(13-19)11-15-9-7-6-8-10-15/h6-10,14,16-17H,4-5,11-13H2,1-3H3. The molecule has 1 aliphatic rings. The maximum atomic E-state index is 12.6. The summed E-state index contributed by atoms with van der Waals surface area (Å²) in [6, 6.07) is 10.4. The first-order valence-electron chi connectivity index (χ1n) is 8.12. The third-order valence-corrected chi connectivity index (χ3v) is 4.28. The van der Waals surface area contributed by atoms with Gasteiger partial charge in [-0.15, -0.1) is 0 Å². The van der Waals surface area contributed by atoms with Crippen LogP contribution in [0.3, 0.4) is 0 Å². The number of hydrogen-bond acceptors (Lipinski definition) is 2. The third-order valence-electron chi connectivity index (χ3n) is 4.28. The minimum absolute atomic E-state index is 0.106. The predicted octanol–water partition coefficient (Wildman–Crippen LogP) is 3.28. The predicted molar refractivity (Wildman–Crippen MR) is 85.1 cm³/mol. The van der Waals surface area contributed by atoms with Crippen LogP contribution >= 0.6 is 0 Å². The maximum Gasteiger partial charge on any atom is 0.225 e. The number of ether oxygens (including phenoxy) is 1. The number of hydrogen-bond donors (Lipinski definition) is 0. The van der Waals surface area contributed by atoms with Crippen molar-refractivity contribution < 1.29 is 9.53 Å². The first kappa shape index (κ1) is 16.0. The molecule has 1 fully saturated rings. The van der Waals surface area contributed by atoms with Crippen molar-refractivity contribution in [2.45, 2.75) is 52.2 Å². The van der Waals surface area contributed by atoms with Crippen molar-refractivity contribution in [3.63, 3.8) is 0 Å². The highest BCUT2D eigenvalue weighted by Crippen LogP contribution is 2.19. The second-order valence-corrected chi connectivity index (χ2v) is 6.02. The topological polar surface area (TPSA) is 29.5 Å². The molecule has 2 rings (SSSR count). The zero-order chi connectivity index (χ0) is 15.2. The SMILES string of the molecule is CCC(CC)C(=O)N1CC(C)OC(Cc2ccccc2)C1. The Morgan fingerprint density at radius 2 is 1.90 bits per heavy atom. The fourth-order valence-electron chi connectivity index (χ4n) is 3.11. The third kappa shape index (κ3) is 4.31. The van der Waals surface area contributed by atoms with Crippen molar-refractivity contribution >= 4 is 5.91 Å². The molecule has 3 heteroatoms. The number of carbonyl (C=O) groups excluding carboxylic acids is 1. The summed E-state index contributed by atoms with van der Waals surface area (Å²) in [5.74, 6) is 0.459. The Morgan fingerprint density at radius 3 is 2.52 bits per heavy atom. The van der Waals surface area contributed by atoms with E-state index in [1.165, 1.54) is 5.56 Å². The number of rotatable bonds is 5. The van der Waals surface area contributed by atoms with E-state index in [0.29, 0.717) is 12.5 Å². The lowest BCUT2D eigenvalue weighted by molar-refractivity contribution is -0.148. The summed E-state index contributed by atoms with van der Waals surface area (Å²) in [4.78, 5) is 14.6. The quantitative estimate of drug-likeness (QED) is 0.832. The van der Waals surface area contributed by atoms with Crippen LogP contribution < -0.4 is 0 Å². The summed E-state index contributed by atoms with van der Waals surface area (Å²) in [6.45, 7) is 7.69. The van der Waals surface area contributed by atoms with Gasteiger partial charge in [0.15, 0.2) is 0 Å². The molecule has 0 aromatic heterocycles. The summed E-state index contributed by atoms with van der Waals surface area (Å²) in [5.41, 5.74) is 1.27. The molecule has 116 valence electrons. The number of amides is 1. The first-order valence-corrected chi connectivity index (χ1v) is 8.12. The molecule has 3 nitrogen and oxygen atoms in total. The van der Waals surface area contributed by atoms with Crippen LogP contribution in [-0.4, -0.2) is 36.1 Å². The Labute approximate surface area is 128 Å². The molecule has 0 bridgehead atoms. The molecule has 0 aliphatic carbocycles. The molecule has 1 aliphatic heterocycles.